The molecule has 12 heteroatoms. The number of hydrogen-bond acceptors (Lipinski definition) is 4. The Kier molecular flexibility index (Phi) is 7.02. The molecule has 0 unspecified atom stereocenters. The van der Waals surface area contributed by atoms with Gasteiger partial charge in [-0.25, -0.2) is 12.8 Å². The van der Waals surface area contributed by atoms with E-state index in [1.54, 1.807) is 16.9 Å². The van der Waals surface area contributed by atoms with Crippen LogP contribution in [-0.4, -0.2) is 31.0 Å². The first kappa shape index (κ1) is 25.0. The molecule has 0 bridgehead atoms. The van der Waals surface area contributed by atoms with Crippen molar-refractivity contribution in [2.24, 2.45) is 0 Å². The predicted molar refractivity (Wildman–Crippen MR) is 113 cm³/mol. The summed E-state index contributed by atoms with van der Waals surface area (Å²) in [5, 5.41) is 8.49. The number of alkyl halides is 3. The second kappa shape index (κ2) is 9.29. The topological polar surface area (TPSA) is 92.0 Å². The number of benzene rings is 1. The summed E-state index contributed by atoms with van der Waals surface area (Å²) in [6.45, 7) is 0.865. The van der Waals surface area contributed by atoms with E-state index in [1.807, 2.05) is 0 Å². The third kappa shape index (κ3) is 5.13. The Morgan fingerprint density at radius 2 is 2.06 bits per heavy atom. The highest BCUT2D eigenvalue weighted by molar-refractivity contribution is 7.89. The number of hydrogen-bond donors (Lipinski definition) is 1. The van der Waals surface area contributed by atoms with Gasteiger partial charge in [-0.2, -0.15) is 23.2 Å². The van der Waals surface area contributed by atoms with Gasteiger partial charge in [-0.05, 0) is 43.5 Å². The second-order valence-corrected chi connectivity index (χ2v) is 9.51. The number of allylic oxidation sites excluding steroid dienone is 1. The summed E-state index contributed by atoms with van der Waals surface area (Å²) >= 11 is 6.31. The van der Waals surface area contributed by atoms with Crippen molar-refractivity contribution in [2.75, 3.05) is 0 Å². The van der Waals surface area contributed by atoms with Gasteiger partial charge in [0.25, 0.3) is 0 Å². The highest BCUT2D eigenvalue weighted by Crippen LogP contribution is 2.36. The number of aromatic nitrogens is 1. The van der Waals surface area contributed by atoms with Crippen LogP contribution >= 0.6 is 11.6 Å². The van der Waals surface area contributed by atoms with E-state index < -0.39 is 43.8 Å². The van der Waals surface area contributed by atoms with E-state index in [-0.39, 0.29) is 29.9 Å². The molecule has 0 spiro atoms. The van der Waals surface area contributed by atoms with Crippen LogP contribution in [0, 0.1) is 17.1 Å². The summed E-state index contributed by atoms with van der Waals surface area (Å²) in [4.78, 5) is 12.5. The molecular formula is C21H18ClF4N3O3S. The maximum absolute atomic E-state index is 13.6. The van der Waals surface area contributed by atoms with E-state index >= 15 is 0 Å². The lowest BCUT2D eigenvalue weighted by Crippen LogP contribution is -2.43. The Morgan fingerprint density at radius 1 is 1.36 bits per heavy atom. The predicted octanol–water partition coefficient (Wildman–Crippen LogP) is 4.61. The molecule has 0 amide bonds. The summed E-state index contributed by atoms with van der Waals surface area (Å²) in [5.74, 6) is -1.39. The fourth-order valence-electron chi connectivity index (χ4n) is 3.47. The highest BCUT2D eigenvalue weighted by Gasteiger charge is 2.41. The van der Waals surface area contributed by atoms with Gasteiger partial charge >= 0.3 is 6.18 Å². The number of ketones is 1. The van der Waals surface area contributed by atoms with Crippen molar-refractivity contribution in [3.63, 3.8) is 0 Å². The Morgan fingerprint density at radius 3 is 2.70 bits per heavy atom. The Labute approximate surface area is 192 Å². The van der Waals surface area contributed by atoms with Gasteiger partial charge in [-0.1, -0.05) is 23.7 Å². The molecule has 2 aromatic rings. The molecule has 0 saturated carbocycles. The summed E-state index contributed by atoms with van der Waals surface area (Å²) < 4.78 is 81.2. The van der Waals surface area contributed by atoms with Crippen LogP contribution in [0.1, 0.15) is 47.1 Å². The molecule has 0 fully saturated rings. The van der Waals surface area contributed by atoms with E-state index in [1.165, 1.54) is 22.8 Å². The van der Waals surface area contributed by atoms with E-state index in [4.69, 9.17) is 16.9 Å². The van der Waals surface area contributed by atoms with Gasteiger partial charge in [0.2, 0.25) is 10.0 Å². The van der Waals surface area contributed by atoms with Crippen LogP contribution in [0.5, 0.6) is 0 Å². The number of nitrogens with one attached hydrogen (secondary N) is 1. The maximum atomic E-state index is 13.6. The number of rotatable bonds is 6. The zero-order valence-corrected chi connectivity index (χ0v) is 18.8. The van der Waals surface area contributed by atoms with Crippen LogP contribution in [-0.2, 0) is 23.0 Å². The van der Waals surface area contributed by atoms with Crippen molar-refractivity contribution < 1.29 is 30.8 Å². The number of nitrogens with zero attached hydrogens (tertiary/aromatic N) is 2. The van der Waals surface area contributed by atoms with Crippen LogP contribution in [0.25, 0.3) is 6.08 Å². The SMILES string of the molecule is C[C@@H](NS(=O)(=O)c1c(Cl)c(C(=O)Cc2ccc(F)c(C#N)c2)n2c1C=CCCC2)C(F)(F)F. The van der Waals surface area contributed by atoms with Crippen LogP contribution in [0.3, 0.4) is 0 Å². The molecule has 1 aromatic heterocycles. The minimum atomic E-state index is -4.83. The molecule has 3 rings (SSSR count). The van der Waals surface area contributed by atoms with Crippen LogP contribution in [0.2, 0.25) is 5.02 Å². The Balaban J connectivity index is 2.09. The number of fused-ring (bicyclic) bond motifs is 1. The lowest BCUT2D eigenvalue weighted by molar-refractivity contribution is -0.147. The molecule has 1 aromatic carbocycles. The van der Waals surface area contributed by atoms with Crippen LogP contribution < -0.4 is 4.72 Å². The van der Waals surface area contributed by atoms with E-state index in [0.717, 1.165) is 6.07 Å². The highest BCUT2D eigenvalue weighted by atomic mass is 35.5. The normalized spacial score (nSPS) is 14.9. The molecular weight excluding hydrogens is 486 g/mol. The van der Waals surface area contributed by atoms with E-state index in [2.05, 4.69) is 0 Å². The first-order chi connectivity index (χ1) is 15.4. The van der Waals surface area contributed by atoms with Crippen LogP contribution in [0.4, 0.5) is 17.6 Å². The van der Waals surface area contributed by atoms with Gasteiger partial charge in [-0.3, -0.25) is 4.79 Å². The van der Waals surface area contributed by atoms with Crippen molar-refractivity contribution in [1.29, 1.82) is 5.26 Å². The molecule has 33 heavy (non-hydrogen) atoms. The van der Waals surface area contributed by atoms with Crippen molar-refractivity contribution in [2.45, 2.75) is 49.8 Å². The summed E-state index contributed by atoms with van der Waals surface area (Å²) in [7, 11) is -4.75. The molecule has 0 saturated heterocycles. The molecule has 0 aliphatic carbocycles. The molecule has 1 aliphatic rings. The van der Waals surface area contributed by atoms with Crippen molar-refractivity contribution in [1.82, 2.24) is 9.29 Å². The minimum Gasteiger partial charge on any atom is -0.336 e. The third-order valence-electron chi connectivity index (χ3n) is 5.10. The summed E-state index contributed by atoms with van der Waals surface area (Å²) in [6.07, 6.45) is -1.000. The van der Waals surface area contributed by atoms with Gasteiger partial charge in [0.1, 0.15) is 28.5 Å². The largest absolute Gasteiger partial charge is 0.404 e. The standard InChI is InChI=1S/C21H18ClF4N3O3S/c1-12(21(24,25)26)28-33(31,32)20-16-5-3-2-4-8-29(16)19(18(20)22)17(30)10-13-6-7-15(23)14(9-13)11-27/h3,5-7,9,12,28H,2,4,8,10H2,1H3/t12-/m1/s1. The minimum absolute atomic E-state index is 0.000422. The molecule has 0 radical (unpaired) electrons. The summed E-state index contributed by atoms with van der Waals surface area (Å²) in [6, 6.07) is 2.81. The molecule has 1 N–H and O–H groups in total. The van der Waals surface area contributed by atoms with Gasteiger partial charge < -0.3 is 4.57 Å². The van der Waals surface area contributed by atoms with Crippen molar-refractivity contribution in [3.8, 4) is 6.07 Å². The number of sulfonamides is 1. The first-order valence-corrected chi connectivity index (χ1v) is 11.6. The van der Waals surface area contributed by atoms with Gasteiger partial charge in [0, 0.05) is 13.0 Å². The molecule has 1 aliphatic heterocycles. The first-order valence-electron chi connectivity index (χ1n) is 9.76. The van der Waals surface area contributed by atoms with E-state index in [0.29, 0.717) is 25.3 Å². The third-order valence-corrected chi connectivity index (χ3v) is 7.20. The fraction of sp³-hybridized carbons (Fsp3) is 0.333. The fourth-order valence-corrected chi connectivity index (χ4v) is 5.58. The lowest BCUT2D eigenvalue weighted by atomic mass is 10.0. The molecule has 6 nitrogen and oxygen atoms in total. The maximum Gasteiger partial charge on any atom is 0.404 e. The number of halogens is 5. The monoisotopic (exact) mass is 503 g/mol. The molecule has 176 valence electrons. The number of carbonyl (C=O) groups excluding carboxylic acids is 1. The number of Topliss-reactive ketones (excluding diaryl/α,β-unsaturated/α-hetero) is 1. The number of nitriles is 1. The molecule has 2 heterocycles. The summed E-state index contributed by atoms with van der Waals surface area (Å²) in [5.41, 5.74) is -0.153. The second-order valence-electron chi connectivity index (χ2n) is 7.48. The molecule has 1 atom stereocenters. The average Bonchev–Trinajstić information content (AvgIpc) is 2.84. The lowest BCUT2D eigenvalue weighted by Gasteiger charge is -2.17. The van der Waals surface area contributed by atoms with E-state index in [9.17, 15) is 30.8 Å². The smallest absolute Gasteiger partial charge is 0.336 e. The average molecular weight is 504 g/mol. The Hall–Kier alpha value is -2.68. The zero-order chi connectivity index (χ0) is 24.6. The van der Waals surface area contributed by atoms with Crippen LogP contribution in [0.15, 0.2) is 29.2 Å². The van der Waals surface area contributed by atoms with Crippen molar-refractivity contribution >= 4 is 33.5 Å². The van der Waals surface area contributed by atoms with Gasteiger partial charge in [0.05, 0.1) is 16.3 Å². The Bertz CT molecular complexity index is 1280. The number of carbonyl (C=O) groups is 1. The van der Waals surface area contributed by atoms with Gasteiger partial charge in [0.15, 0.2) is 5.78 Å². The zero-order valence-electron chi connectivity index (χ0n) is 17.2. The van der Waals surface area contributed by atoms with Gasteiger partial charge in [-0.15, -0.1) is 0 Å². The quantitative estimate of drug-likeness (QED) is 0.460. The van der Waals surface area contributed by atoms with Crippen molar-refractivity contribution in [3.05, 3.63) is 57.6 Å².